The number of amides is 1. The predicted molar refractivity (Wildman–Crippen MR) is 97.9 cm³/mol. The van der Waals surface area contributed by atoms with Gasteiger partial charge in [0.15, 0.2) is 5.58 Å². The molecule has 1 fully saturated rings. The molecule has 150 valence electrons. The number of rotatable bonds is 6. The van der Waals surface area contributed by atoms with Crippen molar-refractivity contribution in [2.45, 2.75) is 45.2 Å². The Morgan fingerprint density at radius 1 is 1.39 bits per heavy atom. The van der Waals surface area contributed by atoms with E-state index >= 15 is 0 Å². The van der Waals surface area contributed by atoms with E-state index in [0.29, 0.717) is 31.3 Å². The first-order valence-corrected chi connectivity index (χ1v) is 9.09. The van der Waals surface area contributed by atoms with E-state index in [4.69, 9.17) is 4.42 Å². The zero-order chi connectivity index (χ0) is 20.4. The van der Waals surface area contributed by atoms with Gasteiger partial charge in [0.05, 0.1) is 22.4 Å². The molecule has 2 aromatic rings. The number of aromatic nitrogens is 1. The number of nitro benzene ring substituents is 1. The van der Waals surface area contributed by atoms with Crippen molar-refractivity contribution in [2.75, 3.05) is 6.54 Å². The number of benzene rings is 1. The van der Waals surface area contributed by atoms with Gasteiger partial charge < -0.3 is 14.4 Å². The number of likely N-dealkylation sites (tertiary alicyclic amines) is 1. The number of nitrogens with zero attached hydrogens (tertiary/aromatic N) is 3. The lowest BCUT2D eigenvalue weighted by atomic mass is 9.90. The second-order valence-electron chi connectivity index (χ2n) is 6.95. The molecule has 1 aliphatic heterocycles. The van der Waals surface area contributed by atoms with Gasteiger partial charge in [-0.2, -0.15) is 0 Å². The number of carboxylic acid groups (broad SMARTS) is 1. The quantitative estimate of drug-likeness (QED) is 0.587. The van der Waals surface area contributed by atoms with Crippen LogP contribution in [0.25, 0.3) is 11.1 Å². The smallest absolute Gasteiger partial charge is 0.419 e. The molecule has 10 nitrogen and oxygen atoms in total. The molecule has 1 saturated heterocycles. The van der Waals surface area contributed by atoms with Crippen LogP contribution in [0.5, 0.6) is 0 Å². The highest BCUT2D eigenvalue weighted by Gasteiger charge is 2.34. The van der Waals surface area contributed by atoms with Gasteiger partial charge in [-0.1, -0.05) is 0 Å². The third-order valence-corrected chi connectivity index (χ3v) is 5.26. The van der Waals surface area contributed by atoms with Gasteiger partial charge in [0.25, 0.3) is 5.69 Å². The fourth-order valence-corrected chi connectivity index (χ4v) is 3.74. The summed E-state index contributed by atoms with van der Waals surface area (Å²) in [5.41, 5.74) is 0.385. The number of oxazole rings is 1. The lowest BCUT2D eigenvalue weighted by molar-refractivity contribution is -0.384. The average Bonchev–Trinajstić information content (AvgIpc) is 2.96. The van der Waals surface area contributed by atoms with Gasteiger partial charge in [-0.05, 0) is 32.3 Å². The number of nitro groups is 1. The van der Waals surface area contributed by atoms with Gasteiger partial charge in [0.1, 0.15) is 0 Å². The molecule has 0 bridgehead atoms. The van der Waals surface area contributed by atoms with Crippen molar-refractivity contribution in [2.24, 2.45) is 5.92 Å². The molecule has 1 aromatic heterocycles. The number of carboxylic acids is 1. The van der Waals surface area contributed by atoms with Crippen LogP contribution in [0, 0.1) is 16.0 Å². The van der Waals surface area contributed by atoms with Crippen molar-refractivity contribution >= 4 is 28.7 Å². The minimum atomic E-state index is -0.893. The Labute approximate surface area is 159 Å². The zero-order valence-electron chi connectivity index (χ0n) is 15.4. The fourth-order valence-electron chi connectivity index (χ4n) is 3.74. The summed E-state index contributed by atoms with van der Waals surface area (Å²) in [6.07, 6.45) is 1.74. The first-order chi connectivity index (χ1) is 13.3. The summed E-state index contributed by atoms with van der Waals surface area (Å²) in [6.45, 7) is 2.50. The summed E-state index contributed by atoms with van der Waals surface area (Å²) in [5, 5.41) is 20.1. The number of fused-ring (bicyclic) bond motifs is 1. The van der Waals surface area contributed by atoms with Crippen molar-refractivity contribution in [3.63, 3.8) is 0 Å². The minimum Gasteiger partial charge on any atom is -0.481 e. The fraction of sp³-hybridized carbons (Fsp3) is 0.500. The molecular weight excluding hydrogens is 370 g/mol. The number of hydrogen-bond donors (Lipinski definition) is 1. The second kappa shape index (κ2) is 7.83. The van der Waals surface area contributed by atoms with Crippen molar-refractivity contribution in [3.05, 3.63) is 38.9 Å². The Morgan fingerprint density at radius 3 is 2.82 bits per heavy atom. The number of piperidine rings is 1. The SMILES string of the molecule is C[C@@H]1[C@H](C(=O)O)CCCN1C(=O)CCCn1c(=O)oc2cc([N+](=O)[O-])ccc21. The topological polar surface area (TPSA) is 136 Å². The van der Waals surface area contributed by atoms with Crippen LogP contribution < -0.4 is 5.76 Å². The first kappa shape index (κ1) is 19.6. The molecule has 1 N–H and O–H groups in total. The van der Waals surface area contributed by atoms with Gasteiger partial charge >= 0.3 is 11.7 Å². The summed E-state index contributed by atoms with van der Waals surface area (Å²) >= 11 is 0. The molecule has 0 radical (unpaired) electrons. The highest BCUT2D eigenvalue weighted by atomic mass is 16.6. The Balaban J connectivity index is 1.65. The van der Waals surface area contributed by atoms with Gasteiger partial charge in [-0.15, -0.1) is 0 Å². The predicted octanol–water partition coefficient (Wildman–Crippen LogP) is 1.99. The van der Waals surface area contributed by atoms with Crippen LogP contribution in [0.3, 0.4) is 0 Å². The molecule has 0 saturated carbocycles. The van der Waals surface area contributed by atoms with Gasteiger partial charge in [-0.25, -0.2) is 4.79 Å². The number of aliphatic carboxylic acids is 1. The van der Waals surface area contributed by atoms with Gasteiger partial charge in [0, 0.05) is 31.6 Å². The van der Waals surface area contributed by atoms with Crippen LogP contribution in [0.2, 0.25) is 0 Å². The van der Waals surface area contributed by atoms with Crippen LogP contribution in [0.15, 0.2) is 27.4 Å². The molecule has 3 rings (SSSR count). The maximum atomic E-state index is 12.5. The summed E-state index contributed by atoms with van der Waals surface area (Å²) in [4.78, 5) is 47.7. The number of hydrogen-bond acceptors (Lipinski definition) is 6. The summed E-state index contributed by atoms with van der Waals surface area (Å²) in [6, 6.07) is 3.57. The monoisotopic (exact) mass is 391 g/mol. The molecule has 2 heterocycles. The van der Waals surface area contributed by atoms with Crippen molar-refractivity contribution in [1.82, 2.24) is 9.47 Å². The lowest BCUT2D eigenvalue weighted by Gasteiger charge is -2.37. The normalized spacial score (nSPS) is 19.7. The first-order valence-electron chi connectivity index (χ1n) is 9.09. The summed E-state index contributed by atoms with van der Waals surface area (Å²) < 4.78 is 6.40. The summed E-state index contributed by atoms with van der Waals surface area (Å²) in [7, 11) is 0. The Hall–Kier alpha value is -3.17. The molecular formula is C18H21N3O7. The minimum absolute atomic E-state index is 0.125. The molecule has 0 spiro atoms. The van der Waals surface area contributed by atoms with Crippen LogP contribution in [0.4, 0.5) is 5.69 Å². The van der Waals surface area contributed by atoms with Crippen LogP contribution in [-0.4, -0.2) is 44.0 Å². The largest absolute Gasteiger partial charge is 0.481 e. The molecule has 28 heavy (non-hydrogen) atoms. The van der Waals surface area contributed by atoms with Crippen LogP contribution in [-0.2, 0) is 16.1 Å². The maximum absolute atomic E-state index is 12.5. The molecule has 0 unspecified atom stereocenters. The van der Waals surface area contributed by atoms with Crippen molar-refractivity contribution in [3.8, 4) is 0 Å². The van der Waals surface area contributed by atoms with E-state index in [9.17, 15) is 29.6 Å². The van der Waals surface area contributed by atoms with Gasteiger partial charge in [0.2, 0.25) is 5.91 Å². The standard InChI is InChI=1S/C18H21N3O7/c1-11-13(17(23)24)4-2-8-19(11)16(22)5-3-9-20-14-7-6-12(21(26)27)10-15(14)28-18(20)25/h6-7,10-11,13H,2-5,8-9H2,1H3,(H,23,24)/t11-,13-/m1/s1. The maximum Gasteiger partial charge on any atom is 0.419 e. The molecule has 1 aliphatic rings. The van der Waals surface area contributed by atoms with Gasteiger partial charge in [-0.3, -0.25) is 24.3 Å². The second-order valence-corrected chi connectivity index (χ2v) is 6.95. The number of non-ortho nitro benzene ring substituents is 1. The molecule has 2 atom stereocenters. The van der Waals surface area contributed by atoms with E-state index in [1.807, 2.05) is 0 Å². The average molecular weight is 391 g/mol. The number of carbonyl (C=O) groups excluding carboxylic acids is 1. The summed E-state index contributed by atoms with van der Waals surface area (Å²) in [5.74, 6) is -2.24. The highest BCUT2D eigenvalue weighted by Crippen LogP contribution is 2.25. The van der Waals surface area contributed by atoms with Crippen molar-refractivity contribution in [1.29, 1.82) is 0 Å². The number of aryl methyl sites for hydroxylation is 1. The van der Waals surface area contributed by atoms with Crippen molar-refractivity contribution < 1.29 is 24.0 Å². The Bertz CT molecular complexity index is 977. The third kappa shape index (κ3) is 3.75. The highest BCUT2D eigenvalue weighted by molar-refractivity contribution is 5.79. The third-order valence-electron chi connectivity index (χ3n) is 5.26. The molecule has 1 amide bonds. The number of carbonyl (C=O) groups is 2. The Kier molecular flexibility index (Phi) is 5.48. The van der Waals surface area contributed by atoms with E-state index in [2.05, 4.69) is 0 Å². The molecule has 10 heteroatoms. The zero-order valence-corrected chi connectivity index (χ0v) is 15.4. The van der Waals surface area contributed by atoms with E-state index in [1.165, 1.54) is 22.8 Å². The van der Waals surface area contributed by atoms with E-state index in [0.717, 1.165) is 0 Å². The van der Waals surface area contributed by atoms with Crippen LogP contribution in [0.1, 0.15) is 32.6 Å². The molecule has 0 aliphatic carbocycles. The van der Waals surface area contributed by atoms with E-state index in [-0.39, 0.29) is 36.2 Å². The van der Waals surface area contributed by atoms with E-state index < -0.39 is 22.6 Å². The Morgan fingerprint density at radius 2 is 2.14 bits per heavy atom. The van der Waals surface area contributed by atoms with E-state index in [1.54, 1.807) is 11.8 Å². The molecule has 1 aromatic carbocycles. The lowest BCUT2D eigenvalue weighted by Crippen LogP contribution is -2.49. The van der Waals surface area contributed by atoms with Crippen LogP contribution >= 0.6 is 0 Å².